The van der Waals surface area contributed by atoms with Crippen molar-refractivity contribution in [3.8, 4) is 0 Å². The Morgan fingerprint density at radius 2 is 2.00 bits per heavy atom. The van der Waals surface area contributed by atoms with Crippen LogP contribution in [0.15, 0.2) is 24.3 Å². The Morgan fingerprint density at radius 3 is 2.67 bits per heavy atom. The van der Waals surface area contributed by atoms with Crippen LogP contribution < -0.4 is 10.6 Å². The van der Waals surface area contributed by atoms with Crippen LogP contribution in [0.3, 0.4) is 0 Å². The minimum absolute atomic E-state index is 0.00898. The lowest BCUT2D eigenvalue weighted by molar-refractivity contribution is 0.0953. The molecule has 0 saturated carbocycles. The van der Waals surface area contributed by atoms with Crippen molar-refractivity contribution in [1.82, 2.24) is 10.2 Å². The van der Waals surface area contributed by atoms with Crippen molar-refractivity contribution < 1.29 is 4.79 Å². The molecule has 0 unspecified atom stereocenters. The van der Waals surface area contributed by atoms with E-state index in [-0.39, 0.29) is 5.91 Å². The first-order valence-corrected chi connectivity index (χ1v) is 6.41. The van der Waals surface area contributed by atoms with Crippen LogP contribution in [-0.2, 0) is 0 Å². The molecule has 0 radical (unpaired) electrons. The third-order valence-corrected chi connectivity index (χ3v) is 2.61. The lowest BCUT2D eigenvalue weighted by Crippen LogP contribution is -2.27. The minimum Gasteiger partial charge on any atom is -0.385 e. The Labute approximate surface area is 109 Å². The summed E-state index contributed by atoms with van der Waals surface area (Å²) in [5.41, 5.74) is 1.61. The number of hydrogen-bond acceptors (Lipinski definition) is 3. The third-order valence-electron chi connectivity index (χ3n) is 2.61. The average Bonchev–Trinajstić information content (AvgIpc) is 2.35. The lowest BCUT2D eigenvalue weighted by Gasteiger charge is -2.12. The van der Waals surface area contributed by atoms with E-state index in [0.29, 0.717) is 12.1 Å². The SMILES string of the molecule is CCNc1ccccc1C(=O)NCCCN(C)C. The molecule has 0 aliphatic heterocycles. The van der Waals surface area contributed by atoms with E-state index in [2.05, 4.69) is 15.5 Å². The van der Waals surface area contributed by atoms with Crippen molar-refractivity contribution in [2.24, 2.45) is 0 Å². The quantitative estimate of drug-likeness (QED) is 0.724. The fraction of sp³-hybridized carbons (Fsp3) is 0.500. The summed E-state index contributed by atoms with van der Waals surface area (Å²) in [6, 6.07) is 7.59. The average molecular weight is 249 g/mol. The zero-order valence-corrected chi connectivity index (χ0v) is 11.5. The number of para-hydroxylation sites is 1. The van der Waals surface area contributed by atoms with Gasteiger partial charge in [-0.1, -0.05) is 12.1 Å². The summed E-state index contributed by atoms with van der Waals surface area (Å²) in [6.07, 6.45) is 0.960. The second kappa shape index (κ2) is 7.71. The fourth-order valence-corrected chi connectivity index (χ4v) is 1.72. The monoisotopic (exact) mass is 249 g/mol. The van der Waals surface area contributed by atoms with Gasteiger partial charge in [0.05, 0.1) is 5.56 Å². The molecular weight excluding hydrogens is 226 g/mol. The predicted molar refractivity (Wildman–Crippen MR) is 76.1 cm³/mol. The van der Waals surface area contributed by atoms with E-state index in [1.54, 1.807) is 0 Å². The molecule has 0 atom stereocenters. The van der Waals surface area contributed by atoms with Crippen molar-refractivity contribution in [3.05, 3.63) is 29.8 Å². The molecule has 1 rings (SSSR count). The maximum Gasteiger partial charge on any atom is 0.253 e. The van der Waals surface area contributed by atoms with Gasteiger partial charge in [0.1, 0.15) is 0 Å². The van der Waals surface area contributed by atoms with E-state index in [0.717, 1.165) is 25.2 Å². The zero-order valence-electron chi connectivity index (χ0n) is 11.5. The number of nitrogens with zero attached hydrogens (tertiary/aromatic N) is 1. The summed E-state index contributed by atoms with van der Waals surface area (Å²) in [5, 5.41) is 6.14. The fourth-order valence-electron chi connectivity index (χ4n) is 1.72. The number of benzene rings is 1. The molecule has 1 aromatic carbocycles. The Balaban J connectivity index is 2.50. The highest BCUT2D eigenvalue weighted by Gasteiger charge is 2.09. The van der Waals surface area contributed by atoms with Gasteiger partial charge in [-0.15, -0.1) is 0 Å². The number of nitrogens with one attached hydrogen (secondary N) is 2. The number of anilines is 1. The summed E-state index contributed by atoms with van der Waals surface area (Å²) in [6.45, 7) is 4.52. The summed E-state index contributed by atoms with van der Waals surface area (Å²) in [7, 11) is 4.06. The molecule has 0 aliphatic rings. The molecule has 0 aliphatic carbocycles. The van der Waals surface area contributed by atoms with E-state index >= 15 is 0 Å². The smallest absolute Gasteiger partial charge is 0.253 e. The maximum absolute atomic E-state index is 12.0. The largest absolute Gasteiger partial charge is 0.385 e. The van der Waals surface area contributed by atoms with Crippen molar-refractivity contribution in [2.75, 3.05) is 39.0 Å². The number of carbonyl (C=O) groups excluding carboxylic acids is 1. The summed E-state index contributed by atoms with van der Waals surface area (Å²) in [4.78, 5) is 14.1. The highest BCUT2D eigenvalue weighted by molar-refractivity contribution is 5.99. The Bertz CT molecular complexity index is 377. The molecule has 0 saturated heterocycles. The molecule has 0 aromatic heterocycles. The Morgan fingerprint density at radius 1 is 1.28 bits per heavy atom. The van der Waals surface area contributed by atoms with Gasteiger partial charge in [-0.2, -0.15) is 0 Å². The van der Waals surface area contributed by atoms with Crippen molar-refractivity contribution in [3.63, 3.8) is 0 Å². The van der Waals surface area contributed by atoms with Crippen LogP contribution in [0.2, 0.25) is 0 Å². The van der Waals surface area contributed by atoms with Gasteiger partial charge in [-0.3, -0.25) is 4.79 Å². The molecular formula is C14H23N3O. The molecule has 0 spiro atoms. The molecule has 0 bridgehead atoms. The van der Waals surface area contributed by atoms with E-state index in [4.69, 9.17) is 0 Å². The van der Waals surface area contributed by atoms with Crippen molar-refractivity contribution in [1.29, 1.82) is 0 Å². The number of rotatable bonds is 7. The van der Waals surface area contributed by atoms with Gasteiger partial charge < -0.3 is 15.5 Å². The van der Waals surface area contributed by atoms with Gasteiger partial charge >= 0.3 is 0 Å². The highest BCUT2D eigenvalue weighted by atomic mass is 16.1. The van der Waals surface area contributed by atoms with E-state index < -0.39 is 0 Å². The Hall–Kier alpha value is -1.55. The first kappa shape index (κ1) is 14.5. The van der Waals surface area contributed by atoms with Gasteiger partial charge in [0, 0.05) is 18.8 Å². The lowest BCUT2D eigenvalue weighted by atomic mass is 10.1. The topological polar surface area (TPSA) is 44.4 Å². The first-order valence-electron chi connectivity index (χ1n) is 6.41. The number of carbonyl (C=O) groups is 1. The second-order valence-corrected chi connectivity index (χ2v) is 4.49. The molecule has 4 nitrogen and oxygen atoms in total. The zero-order chi connectivity index (χ0) is 13.4. The second-order valence-electron chi connectivity index (χ2n) is 4.49. The molecule has 100 valence electrons. The summed E-state index contributed by atoms with van der Waals surface area (Å²) >= 11 is 0. The molecule has 0 heterocycles. The van der Waals surface area contributed by atoms with Crippen LogP contribution in [0.5, 0.6) is 0 Å². The molecule has 1 amide bonds. The summed E-state index contributed by atoms with van der Waals surface area (Å²) < 4.78 is 0. The van der Waals surface area contributed by atoms with Crippen LogP contribution in [0.1, 0.15) is 23.7 Å². The van der Waals surface area contributed by atoms with E-state index in [9.17, 15) is 4.79 Å². The van der Waals surface area contributed by atoms with Gasteiger partial charge in [-0.25, -0.2) is 0 Å². The number of amides is 1. The maximum atomic E-state index is 12.0. The van der Waals surface area contributed by atoms with E-state index in [1.165, 1.54) is 0 Å². The highest BCUT2D eigenvalue weighted by Crippen LogP contribution is 2.14. The molecule has 1 aromatic rings. The normalized spacial score (nSPS) is 10.4. The van der Waals surface area contributed by atoms with Crippen molar-refractivity contribution >= 4 is 11.6 Å². The Kier molecular flexibility index (Phi) is 6.22. The van der Waals surface area contributed by atoms with E-state index in [1.807, 2.05) is 45.3 Å². The van der Waals surface area contributed by atoms with Gasteiger partial charge in [0.15, 0.2) is 0 Å². The van der Waals surface area contributed by atoms with Crippen molar-refractivity contribution in [2.45, 2.75) is 13.3 Å². The van der Waals surface area contributed by atoms with Crippen LogP contribution in [-0.4, -0.2) is 44.5 Å². The third kappa shape index (κ3) is 4.75. The summed E-state index contributed by atoms with van der Waals surface area (Å²) in [5.74, 6) is -0.00898. The molecule has 18 heavy (non-hydrogen) atoms. The predicted octanol–water partition coefficient (Wildman–Crippen LogP) is 1.80. The van der Waals surface area contributed by atoms with Crippen LogP contribution in [0.25, 0.3) is 0 Å². The molecule has 0 fully saturated rings. The van der Waals surface area contributed by atoms with Gasteiger partial charge in [0.25, 0.3) is 5.91 Å². The molecule has 4 heteroatoms. The van der Waals surface area contributed by atoms with Gasteiger partial charge in [0.2, 0.25) is 0 Å². The number of hydrogen-bond donors (Lipinski definition) is 2. The van der Waals surface area contributed by atoms with Crippen LogP contribution in [0.4, 0.5) is 5.69 Å². The molecule has 2 N–H and O–H groups in total. The van der Waals surface area contributed by atoms with Gasteiger partial charge in [-0.05, 0) is 46.1 Å². The first-order chi connectivity index (χ1) is 8.65. The van der Waals surface area contributed by atoms with Crippen LogP contribution >= 0.6 is 0 Å². The minimum atomic E-state index is -0.00898. The van der Waals surface area contributed by atoms with Crippen LogP contribution in [0, 0.1) is 0 Å². The standard InChI is InChI=1S/C14H23N3O/c1-4-15-13-9-6-5-8-12(13)14(18)16-10-7-11-17(2)3/h5-6,8-9,15H,4,7,10-11H2,1-3H3,(H,16,18).